The molecule has 190 valence electrons. The van der Waals surface area contributed by atoms with Gasteiger partial charge in [-0.3, -0.25) is 9.59 Å². The Labute approximate surface area is 213 Å². The summed E-state index contributed by atoms with van der Waals surface area (Å²) in [7, 11) is 0. The van der Waals surface area contributed by atoms with Crippen LogP contribution in [0, 0.1) is 6.92 Å². The molecule has 2 heterocycles. The van der Waals surface area contributed by atoms with Crippen molar-refractivity contribution in [2.24, 2.45) is 0 Å². The number of nitrogens with zero attached hydrogens (tertiary/aromatic N) is 1. The standard InChI is InChI=1S/C30H37N3O3/c1-21-16-17-25(36-21)20-28(29(34)31-23-12-6-3-7-13-23)33(24-14-8-9-15-24)30(35)27-19-18-26(32-27)22-10-4-2-5-11-22/h2,4-5,10-11,16-19,23-24,28,32H,3,6-9,12-15,20H2,1H3,(H,31,34). The van der Waals surface area contributed by atoms with Crippen LogP contribution in [0.15, 0.2) is 59.0 Å². The molecule has 0 aliphatic heterocycles. The minimum Gasteiger partial charge on any atom is -0.466 e. The molecule has 0 saturated heterocycles. The van der Waals surface area contributed by atoms with Gasteiger partial charge < -0.3 is 19.6 Å². The first-order chi connectivity index (χ1) is 17.6. The van der Waals surface area contributed by atoms with E-state index in [1.165, 1.54) is 6.42 Å². The molecule has 2 aliphatic rings. The van der Waals surface area contributed by atoms with Crippen molar-refractivity contribution in [3.05, 3.63) is 71.8 Å². The van der Waals surface area contributed by atoms with Crippen molar-refractivity contribution in [3.8, 4) is 11.3 Å². The molecule has 6 heteroatoms. The molecule has 3 aromatic rings. The Hall–Kier alpha value is -3.28. The van der Waals surface area contributed by atoms with Gasteiger partial charge in [0.05, 0.1) is 0 Å². The summed E-state index contributed by atoms with van der Waals surface area (Å²) in [6.45, 7) is 1.91. The van der Waals surface area contributed by atoms with Gasteiger partial charge in [0, 0.05) is 24.2 Å². The molecule has 5 rings (SSSR count). The number of carbonyl (C=O) groups excluding carboxylic acids is 2. The molecule has 2 aliphatic carbocycles. The maximum Gasteiger partial charge on any atom is 0.271 e. The zero-order valence-corrected chi connectivity index (χ0v) is 21.2. The van der Waals surface area contributed by atoms with E-state index in [0.717, 1.165) is 74.1 Å². The molecule has 0 bridgehead atoms. The average Bonchev–Trinajstić information content (AvgIpc) is 3.67. The summed E-state index contributed by atoms with van der Waals surface area (Å²) in [5.41, 5.74) is 2.45. The highest BCUT2D eigenvalue weighted by Crippen LogP contribution is 2.30. The number of hydrogen-bond donors (Lipinski definition) is 2. The molecular weight excluding hydrogens is 450 g/mol. The fourth-order valence-corrected chi connectivity index (χ4v) is 5.84. The van der Waals surface area contributed by atoms with E-state index in [2.05, 4.69) is 10.3 Å². The third-order valence-corrected chi connectivity index (χ3v) is 7.73. The lowest BCUT2D eigenvalue weighted by Gasteiger charge is -2.36. The lowest BCUT2D eigenvalue weighted by atomic mass is 9.95. The Morgan fingerprint density at radius 2 is 1.67 bits per heavy atom. The zero-order valence-electron chi connectivity index (χ0n) is 21.2. The SMILES string of the molecule is Cc1ccc(CC(C(=O)NC2CCCCC2)N(C(=O)c2ccc(-c3ccccc3)[nH]2)C2CCCC2)o1. The summed E-state index contributed by atoms with van der Waals surface area (Å²) in [5.74, 6) is 1.37. The van der Waals surface area contributed by atoms with Crippen molar-refractivity contribution >= 4 is 11.8 Å². The van der Waals surface area contributed by atoms with E-state index >= 15 is 0 Å². The van der Waals surface area contributed by atoms with Gasteiger partial charge in [0.1, 0.15) is 23.3 Å². The predicted molar refractivity (Wildman–Crippen MR) is 141 cm³/mol. The van der Waals surface area contributed by atoms with Crippen LogP contribution in [0.4, 0.5) is 0 Å². The largest absolute Gasteiger partial charge is 0.466 e. The van der Waals surface area contributed by atoms with Crippen LogP contribution in [0.3, 0.4) is 0 Å². The number of benzene rings is 1. The summed E-state index contributed by atoms with van der Waals surface area (Å²) in [5, 5.41) is 3.30. The molecule has 2 aromatic heterocycles. The number of aryl methyl sites for hydroxylation is 1. The van der Waals surface area contributed by atoms with E-state index in [-0.39, 0.29) is 23.9 Å². The van der Waals surface area contributed by atoms with Gasteiger partial charge >= 0.3 is 0 Å². The topological polar surface area (TPSA) is 78.3 Å². The number of rotatable bonds is 8. The number of nitrogens with one attached hydrogen (secondary N) is 2. The monoisotopic (exact) mass is 487 g/mol. The molecule has 2 saturated carbocycles. The molecule has 2 amide bonds. The average molecular weight is 488 g/mol. The molecule has 2 N–H and O–H groups in total. The lowest BCUT2D eigenvalue weighted by molar-refractivity contribution is -0.127. The molecule has 1 atom stereocenters. The van der Waals surface area contributed by atoms with Crippen LogP contribution in [-0.2, 0) is 11.2 Å². The molecule has 6 nitrogen and oxygen atoms in total. The van der Waals surface area contributed by atoms with E-state index in [0.29, 0.717) is 12.1 Å². The number of amides is 2. The summed E-state index contributed by atoms with van der Waals surface area (Å²) in [6, 6.07) is 17.2. The van der Waals surface area contributed by atoms with Gasteiger partial charge in [-0.2, -0.15) is 0 Å². The van der Waals surface area contributed by atoms with Crippen LogP contribution in [-0.4, -0.2) is 39.8 Å². The van der Waals surface area contributed by atoms with Crippen LogP contribution in [0.5, 0.6) is 0 Å². The van der Waals surface area contributed by atoms with Crippen molar-refractivity contribution in [2.45, 2.75) is 89.3 Å². The van der Waals surface area contributed by atoms with E-state index in [9.17, 15) is 9.59 Å². The highest BCUT2D eigenvalue weighted by atomic mass is 16.3. The number of H-pyrrole nitrogens is 1. The highest BCUT2D eigenvalue weighted by molar-refractivity contribution is 5.97. The lowest BCUT2D eigenvalue weighted by Crippen LogP contribution is -2.56. The van der Waals surface area contributed by atoms with Gasteiger partial charge in [0.15, 0.2) is 0 Å². The molecule has 0 spiro atoms. The molecule has 1 unspecified atom stereocenters. The van der Waals surface area contributed by atoms with Crippen molar-refractivity contribution in [2.75, 3.05) is 0 Å². The Morgan fingerprint density at radius 1 is 0.944 bits per heavy atom. The zero-order chi connectivity index (χ0) is 24.9. The van der Waals surface area contributed by atoms with Crippen molar-refractivity contribution in [1.29, 1.82) is 0 Å². The third kappa shape index (κ3) is 5.58. The van der Waals surface area contributed by atoms with Crippen molar-refractivity contribution in [3.63, 3.8) is 0 Å². The van der Waals surface area contributed by atoms with Gasteiger partial charge in [0.25, 0.3) is 5.91 Å². The quantitative estimate of drug-likeness (QED) is 0.407. The highest BCUT2D eigenvalue weighted by Gasteiger charge is 2.38. The van der Waals surface area contributed by atoms with E-state index in [4.69, 9.17) is 4.42 Å². The summed E-state index contributed by atoms with van der Waals surface area (Å²) in [4.78, 5) is 33.1. The number of carbonyl (C=O) groups is 2. The van der Waals surface area contributed by atoms with Gasteiger partial charge in [0.2, 0.25) is 5.91 Å². The number of aromatic amines is 1. The summed E-state index contributed by atoms with van der Waals surface area (Å²) in [6.07, 6.45) is 9.89. The van der Waals surface area contributed by atoms with E-state index in [1.54, 1.807) is 0 Å². The summed E-state index contributed by atoms with van der Waals surface area (Å²) < 4.78 is 5.89. The van der Waals surface area contributed by atoms with E-state index < -0.39 is 6.04 Å². The van der Waals surface area contributed by atoms with Gasteiger partial charge in [-0.25, -0.2) is 0 Å². The minimum atomic E-state index is -0.614. The van der Waals surface area contributed by atoms with Crippen LogP contribution >= 0.6 is 0 Å². The molecule has 2 fully saturated rings. The van der Waals surface area contributed by atoms with Crippen LogP contribution in [0.1, 0.15) is 79.8 Å². The number of hydrogen-bond acceptors (Lipinski definition) is 3. The maximum absolute atomic E-state index is 14.1. The van der Waals surface area contributed by atoms with Crippen LogP contribution < -0.4 is 5.32 Å². The third-order valence-electron chi connectivity index (χ3n) is 7.73. The molecule has 0 radical (unpaired) electrons. The first-order valence-corrected chi connectivity index (χ1v) is 13.5. The summed E-state index contributed by atoms with van der Waals surface area (Å²) >= 11 is 0. The maximum atomic E-state index is 14.1. The van der Waals surface area contributed by atoms with Crippen molar-refractivity contribution < 1.29 is 14.0 Å². The second-order valence-electron chi connectivity index (χ2n) is 10.4. The van der Waals surface area contributed by atoms with Gasteiger partial charge in [-0.1, -0.05) is 62.4 Å². The Bertz CT molecular complexity index is 1150. The van der Waals surface area contributed by atoms with Crippen LogP contribution in [0.2, 0.25) is 0 Å². The Balaban J connectivity index is 1.45. The first kappa shape index (κ1) is 24.4. The second-order valence-corrected chi connectivity index (χ2v) is 10.4. The Morgan fingerprint density at radius 3 is 2.36 bits per heavy atom. The smallest absolute Gasteiger partial charge is 0.271 e. The molecular formula is C30H37N3O3. The predicted octanol–water partition coefficient (Wildman–Crippen LogP) is 6.03. The Kier molecular flexibility index (Phi) is 7.59. The minimum absolute atomic E-state index is 0.0409. The van der Waals surface area contributed by atoms with Crippen molar-refractivity contribution in [1.82, 2.24) is 15.2 Å². The number of aromatic nitrogens is 1. The normalized spacial score (nSPS) is 17.7. The fraction of sp³-hybridized carbons (Fsp3) is 0.467. The van der Waals surface area contributed by atoms with Gasteiger partial charge in [-0.05, 0) is 62.4 Å². The fourth-order valence-electron chi connectivity index (χ4n) is 5.84. The number of furan rings is 1. The van der Waals surface area contributed by atoms with Crippen LogP contribution in [0.25, 0.3) is 11.3 Å². The second kappa shape index (κ2) is 11.2. The van der Waals surface area contributed by atoms with E-state index in [1.807, 2.05) is 66.4 Å². The first-order valence-electron chi connectivity index (χ1n) is 13.5. The molecule has 36 heavy (non-hydrogen) atoms. The van der Waals surface area contributed by atoms with Gasteiger partial charge in [-0.15, -0.1) is 0 Å². The molecule has 1 aromatic carbocycles.